The molecular formula is C25H19BrN4O2. The molecule has 0 saturated carbocycles. The Morgan fingerprint density at radius 3 is 2.50 bits per heavy atom. The number of nitrogens with one attached hydrogen (secondary N) is 1. The highest BCUT2D eigenvalue weighted by molar-refractivity contribution is 9.10. The van der Waals surface area contributed by atoms with E-state index in [1.807, 2.05) is 47.1 Å². The molecule has 1 N–H and O–H groups in total. The van der Waals surface area contributed by atoms with Gasteiger partial charge in [0.25, 0.3) is 0 Å². The van der Waals surface area contributed by atoms with E-state index in [2.05, 4.69) is 61.7 Å². The van der Waals surface area contributed by atoms with Crippen molar-refractivity contribution in [1.82, 2.24) is 14.8 Å². The maximum absolute atomic E-state index is 6.62. The third kappa shape index (κ3) is 3.00. The van der Waals surface area contributed by atoms with Gasteiger partial charge < -0.3 is 14.8 Å². The van der Waals surface area contributed by atoms with Crippen LogP contribution in [-0.2, 0) is 0 Å². The van der Waals surface area contributed by atoms with Crippen molar-refractivity contribution < 1.29 is 9.47 Å². The Balaban J connectivity index is 1.60. The predicted molar refractivity (Wildman–Crippen MR) is 126 cm³/mol. The summed E-state index contributed by atoms with van der Waals surface area (Å²) < 4.78 is 14.9. The van der Waals surface area contributed by atoms with Crippen LogP contribution in [0.2, 0.25) is 0 Å². The van der Waals surface area contributed by atoms with Crippen molar-refractivity contribution in [2.45, 2.75) is 12.1 Å². The van der Waals surface area contributed by atoms with Crippen molar-refractivity contribution in [3.05, 3.63) is 106 Å². The van der Waals surface area contributed by atoms with Crippen LogP contribution in [0.4, 0.5) is 5.95 Å². The zero-order valence-electron chi connectivity index (χ0n) is 17.2. The summed E-state index contributed by atoms with van der Waals surface area (Å²) in [6.07, 6.45) is 1.28. The van der Waals surface area contributed by atoms with Crippen molar-refractivity contribution in [3.8, 4) is 11.5 Å². The van der Waals surface area contributed by atoms with Crippen LogP contribution >= 0.6 is 15.9 Å². The predicted octanol–water partition coefficient (Wildman–Crippen LogP) is 5.61. The molecule has 6 rings (SSSR count). The first kappa shape index (κ1) is 19.1. The molecule has 2 atom stereocenters. The highest BCUT2D eigenvalue weighted by atomic mass is 79.9. The Bertz CT molecular complexity index is 1330. The molecule has 0 fully saturated rings. The molecule has 0 saturated heterocycles. The lowest BCUT2D eigenvalue weighted by Gasteiger charge is -2.39. The van der Waals surface area contributed by atoms with E-state index in [1.54, 1.807) is 13.4 Å². The number of fused-ring (bicyclic) bond motifs is 3. The topological polar surface area (TPSA) is 61.2 Å². The molecule has 3 aromatic carbocycles. The van der Waals surface area contributed by atoms with Crippen LogP contribution in [0.25, 0.3) is 5.70 Å². The second kappa shape index (κ2) is 7.53. The van der Waals surface area contributed by atoms with Crippen molar-refractivity contribution in [3.63, 3.8) is 0 Å². The molecule has 3 heterocycles. The number of hydrogen-bond acceptors (Lipinski definition) is 5. The molecule has 2 aliphatic heterocycles. The van der Waals surface area contributed by atoms with E-state index in [0.29, 0.717) is 5.95 Å². The van der Waals surface area contributed by atoms with Crippen LogP contribution in [0.1, 0.15) is 28.8 Å². The Morgan fingerprint density at radius 2 is 1.72 bits per heavy atom. The first-order valence-corrected chi connectivity index (χ1v) is 11.1. The summed E-state index contributed by atoms with van der Waals surface area (Å²) in [5.74, 6) is 2.35. The number of rotatable bonds is 3. The molecule has 0 radical (unpaired) electrons. The highest BCUT2D eigenvalue weighted by Crippen LogP contribution is 2.50. The monoisotopic (exact) mass is 486 g/mol. The Morgan fingerprint density at radius 1 is 0.969 bits per heavy atom. The van der Waals surface area contributed by atoms with Gasteiger partial charge in [0.1, 0.15) is 30.0 Å². The van der Waals surface area contributed by atoms with Gasteiger partial charge in [0.05, 0.1) is 12.8 Å². The minimum atomic E-state index is -0.302. The molecule has 0 unspecified atom stereocenters. The highest BCUT2D eigenvalue weighted by Gasteiger charge is 2.40. The summed E-state index contributed by atoms with van der Waals surface area (Å²) in [5.41, 5.74) is 5.27. The molecule has 0 aliphatic carbocycles. The van der Waals surface area contributed by atoms with Crippen molar-refractivity contribution in [2.75, 3.05) is 12.4 Å². The molecule has 6 nitrogen and oxygen atoms in total. The second-order valence-electron chi connectivity index (χ2n) is 7.70. The van der Waals surface area contributed by atoms with E-state index in [0.717, 1.165) is 43.9 Å². The Labute approximate surface area is 193 Å². The zero-order chi connectivity index (χ0) is 21.7. The lowest BCUT2D eigenvalue weighted by Crippen LogP contribution is -2.32. The summed E-state index contributed by atoms with van der Waals surface area (Å²) in [5, 5.41) is 8.08. The molecule has 0 amide bonds. The first-order valence-electron chi connectivity index (χ1n) is 10.3. The van der Waals surface area contributed by atoms with Crippen molar-refractivity contribution in [2.24, 2.45) is 0 Å². The van der Waals surface area contributed by atoms with E-state index in [9.17, 15) is 0 Å². The lowest BCUT2D eigenvalue weighted by atomic mass is 9.84. The number of nitrogens with zero attached hydrogens (tertiary/aromatic N) is 3. The largest absolute Gasteiger partial charge is 0.497 e. The van der Waals surface area contributed by atoms with Gasteiger partial charge in [-0.1, -0.05) is 52.3 Å². The number of anilines is 1. The lowest BCUT2D eigenvalue weighted by molar-refractivity contribution is 0.223. The molecular weight excluding hydrogens is 468 g/mol. The number of ether oxygens (including phenoxy) is 2. The molecule has 0 spiro atoms. The summed E-state index contributed by atoms with van der Waals surface area (Å²) in [6.45, 7) is 0. The van der Waals surface area contributed by atoms with Gasteiger partial charge in [0.15, 0.2) is 0 Å². The molecule has 32 heavy (non-hydrogen) atoms. The average Bonchev–Trinajstić information content (AvgIpc) is 3.31. The molecule has 4 aromatic rings. The number of hydrogen-bond donors (Lipinski definition) is 1. The standard InChI is InChI=1S/C25H19BrN4O2/c1-31-18-12-8-16(9-13-18)24-21-22(19-4-2-3-5-20(19)32-24)29-25-27-14-28-30(25)23(21)15-6-10-17(26)11-7-15/h2-14,23-24H,1H3,(H,27,28,29)/t23-,24-/m0/s1. The van der Waals surface area contributed by atoms with Gasteiger partial charge in [0.2, 0.25) is 5.95 Å². The molecule has 2 aliphatic rings. The van der Waals surface area contributed by atoms with Crippen molar-refractivity contribution in [1.29, 1.82) is 0 Å². The van der Waals surface area contributed by atoms with Crippen LogP contribution < -0.4 is 14.8 Å². The number of halogens is 1. The maximum atomic E-state index is 6.62. The van der Waals surface area contributed by atoms with Crippen LogP contribution in [0.3, 0.4) is 0 Å². The van der Waals surface area contributed by atoms with Gasteiger partial charge in [0, 0.05) is 15.6 Å². The van der Waals surface area contributed by atoms with Gasteiger partial charge in [-0.3, -0.25) is 0 Å². The Kier molecular flexibility index (Phi) is 4.50. The van der Waals surface area contributed by atoms with Crippen LogP contribution in [0.15, 0.2) is 89.2 Å². The fourth-order valence-corrected chi connectivity index (χ4v) is 4.70. The number of methoxy groups -OCH3 is 1. The number of benzene rings is 3. The van der Waals surface area contributed by atoms with E-state index >= 15 is 0 Å². The number of para-hydroxylation sites is 1. The number of aromatic nitrogens is 3. The van der Waals surface area contributed by atoms with Gasteiger partial charge in [-0.15, -0.1) is 0 Å². The van der Waals surface area contributed by atoms with Gasteiger partial charge in [-0.05, 0) is 47.5 Å². The minimum absolute atomic E-state index is 0.169. The van der Waals surface area contributed by atoms with Crippen LogP contribution in [-0.4, -0.2) is 21.9 Å². The minimum Gasteiger partial charge on any atom is -0.497 e. The molecule has 1 aromatic heterocycles. The first-order chi connectivity index (χ1) is 15.7. The van der Waals surface area contributed by atoms with E-state index < -0.39 is 0 Å². The second-order valence-corrected chi connectivity index (χ2v) is 8.62. The third-order valence-corrected chi connectivity index (χ3v) is 6.45. The average molecular weight is 487 g/mol. The van der Waals surface area contributed by atoms with Gasteiger partial charge in [-0.2, -0.15) is 10.1 Å². The Hall–Kier alpha value is -3.58. The third-order valence-electron chi connectivity index (χ3n) is 5.93. The van der Waals surface area contributed by atoms with Gasteiger partial charge >= 0.3 is 0 Å². The molecule has 0 bridgehead atoms. The SMILES string of the molecule is COc1ccc([C@@H]2Oc3ccccc3C3=C2[C@H](c2ccc(Br)cc2)n2ncnc2N3)cc1. The fraction of sp³-hybridized carbons (Fsp3) is 0.120. The van der Waals surface area contributed by atoms with Gasteiger partial charge in [-0.25, -0.2) is 4.68 Å². The van der Waals surface area contributed by atoms with E-state index in [4.69, 9.17) is 9.47 Å². The normalized spacial score (nSPS) is 18.7. The maximum Gasteiger partial charge on any atom is 0.226 e. The molecule has 158 valence electrons. The summed E-state index contributed by atoms with van der Waals surface area (Å²) in [4.78, 5) is 4.47. The summed E-state index contributed by atoms with van der Waals surface area (Å²) in [7, 11) is 1.67. The van der Waals surface area contributed by atoms with E-state index in [1.165, 1.54) is 0 Å². The molecule has 7 heteroatoms. The quantitative estimate of drug-likeness (QED) is 0.407. The zero-order valence-corrected chi connectivity index (χ0v) is 18.8. The fourth-order valence-electron chi connectivity index (χ4n) is 4.44. The summed E-state index contributed by atoms with van der Waals surface area (Å²) >= 11 is 3.55. The smallest absolute Gasteiger partial charge is 0.226 e. The van der Waals surface area contributed by atoms with Crippen LogP contribution in [0, 0.1) is 0 Å². The van der Waals surface area contributed by atoms with Crippen molar-refractivity contribution >= 4 is 27.6 Å². The summed E-state index contributed by atoms with van der Waals surface area (Å²) in [6, 6.07) is 24.3. The van der Waals surface area contributed by atoms with Crippen LogP contribution in [0.5, 0.6) is 11.5 Å². The van der Waals surface area contributed by atoms with E-state index in [-0.39, 0.29) is 12.1 Å².